The van der Waals surface area contributed by atoms with Gasteiger partial charge in [0.1, 0.15) is 18.5 Å². The van der Waals surface area contributed by atoms with Gasteiger partial charge in [-0.1, -0.05) is 12.1 Å². The lowest BCUT2D eigenvalue weighted by Gasteiger charge is -2.18. The average Bonchev–Trinajstić information content (AvgIpc) is 3.13. The number of aryl methyl sites for hydroxylation is 1. The summed E-state index contributed by atoms with van der Waals surface area (Å²) in [4.78, 5) is 0. The van der Waals surface area contributed by atoms with Crippen molar-refractivity contribution in [3.63, 3.8) is 0 Å². The van der Waals surface area contributed by atoms with Crippen LogP contribution in [0, 0.1) is 11.3 Å². The Labute approximate surface area is 158 Å². The first-order valence-electron chi connectivity index (χ1n) is 8.56. The molecule has 1 heterocycles. The molecule has 27 heavy (non-hydrogen) atoms. The van der Waals surface area contributed by atoms with Crippen LogP contribution < -0.4 is 14.2 Å². The molecule has 0 radical (unpaired) electrons. The summed E-state index contributed by atoms with van der Waals surface area (Å²) in [6, 6.07) is 17.0. The van der Waals surface area contributed by atoms with Crippen molar-refractivity contribution in [1.82, 2.24) is 9.78 Å². The lowest BCUT2D eigenvalue weighted by Crippen LogP contribution is -2.21. The van der Waals surface area contributed by atoms with Crippen LogP contribution >= 0.6 is 0 Å². The maximum absolute atomic E-state index is 8.98. The number of hydrogen-bond acceptors (Lipinski definition) is 5. The smallest absolute Gasteiger partial charge is 0.162 e. The number of rotatable bonds is 7. The van der Waals surface area contributed by atoms with Crippen LogP contribution in [0.3, 0.4) is 0 Å². The molecular weight excluding hydrogens is 342 g/mol. The normalized spacial score (nSPS) is 11.5. The largest absolute Gasteiger partial charge is 0.493 e. The van der Waals surface area contributed by atoms with Crippen LogP contribution in [0.15, 0.2) is 54.7 Å². The molecule has 0 N–H and O–H groups in total. The molecule has 138 valence electrons. The number of hydrogen-bond donors (Lipinski definition) is 0. The van der Waals surface area contributed by atoms with Crippen molar-refractivity contribution in [3.8, 4) is 34.6 Å². The molecule has 0 aliphatic heterocycles. The molecule has 6 nitrogen and oxygen atoms in total. The molecule has 0 saturated heterocycles. The zero-order valence-electron chi connectivity index (χ0n) is 15.5. The minimum Gasteiger partial charge on any atom is -0.493 e. The zero-order chi connectivity index (χ0) is 19.2. The van der Waals surface area contributed by atoms with E-state index < -0.39 is 0 Å². The molecule has 6 heteroatoms. The van der Waals surface area contributed by atoms with E-state index in [4.69, 9.17) is 19.5 Å². The van der Waals surface area contributed by atoms with Gasteiger partial charge in [0, 0.05) is 24.9 Å². The third kappa shape index (κ3) is 4.39. The highest BCUT2D eigenvalue weighted by Gasteiger charge is 2.11. The Bertz CT molecular complexity index is 959. The molecule has 0 aliphatic carbocycles. The van der Waals surface area contributed by atoms with Gasteiger partial charge in [0.2, 0.25) is 0 Å². The fourth-order valence-corrected chi connectivity index (χ4v) is 2.70. The second-order valence-corrected chi connectivity index (χ2v) is 6.08. The molecule has 1 atom stereocenters. The Balaban J connectivity index is 1.64. The fourth-order valence-electron chi connectivity index (χ4n) is 2.70. The molecule has 0 unspecified atom stereocenters. The lowest BCUT2D eigenvalue weighted by molar-refractivity contribution is 0.139. The molecule has 3 aromatic rings. The van der Waals surface area contributed by atoms with Crippen molar-refractivity contribution in [2.24, 2.45) is 7.05 Å². The SMILES string of the molecule is COc1cc(C#N)ccc1O[C@H](C)COc1cccc(-c2ccnn2C)c1. The minimum absolute atomic E-state index is 0.202. The zero-order valence-corrected chi connectivity index (χ0v) is 15.5. The first kappa shape index (κ1) is 18.3. The number of benzene rings is 2. The summed E-state index contributed by atoms with van der Waals surface area (Å²) < 4.78 is 18.9. The van der Waals surface area contributed by atoms with E-state index in [0.29, 0.717) is 23.7 Å². The molecule has 1 aromatic heterocycles. The molecular formula is C21H21N3O3. The van der Waals surface area contributed by atoms with E-state index in [9.17, 15) is 0 Å². The topological polar surface area (TPSA) is 69.3 Å². The van der Waals surface area contributed by atoms with E-state index in [-0.39, 0.29) is 6.10 Å². The Morgan fingerprint density at radius 3 is 2.70 bits per heavy atom. The number of nitrogens with zero attached hydrogens (tertiary/aromatic N) is 3. The van der Waals surface area contributed by atoms with Gasteiger partial charge in [-0.15, -0.1) is 0 Å². The quantitative estimate of drug-likeness (QED) is 0.638. The van der Waals surface area contributed by atoms with Crippen LogP contribution in [0.5, 0.6) is 17.2 Å². The molecule has 0 saturated carbocycles. The second-order valence-electron chi connectivity index (χ2n) is 6.08. The van der Waals surface area contributed by atoms with E-state index in [1.807, 2.05) is 49.0 Å². The van der Waals surface area contributed by atoms with E-state index in [0.717, 1.165) is 17.0 Å². The van der Waals surface area contributed by atoms with Gasteiger partial charge in [-0.05, 0) is 37.3 Å². The summed E-state index contributed by atoms with van der Waals surface area (Å²) in [6.07, 6.45) is 1.57. The van der Waals surface area contributed by atoms with Gasteiger partial charge in [0.05, 0.1) is 24.4 Å². The van der Waals surface area contributed by atoms with Gasteiger partial charge in [-0.25, -0.2) is 0 Å². The van der Waals surface area contributed by atoms with Crippen LogP contribution in [-0.2, 0) is 7.05 Å². The van der Waals surface area contributed by atoms with E-state index >= 15 is 0 Å². The summed E-state index contributed by atoms with van der Waals surface area (Å²) in [5.41, 5.74) is 2.58. The standard InChI is InChI=1S/C21H21N3O3/c1-15(27-20-8-7-16(13-22)11-21(20)25-3)14-26-18-6-4-5-17(12-18)19-9-10-23-24(19)2/h4-12,15H,14H2,1-3H3/t15-/m1/s1. The number of aromatic nitrogens is 2. The molecule has 0 bridgehead atoms. The predicted octanol–water partition coefficient (Wildman–Crippen LogP) is 3.81. The van der Waals surface area contributed by atoms with E-state index in [1.165, 1.54) is 0 Å². The van der Waals surface area contributed by atoms with Crippen LogP contribution in [0.2, 0.25) is 0 Å². The van der Waals surface area contributed by atoms with Crippen molar-refractivity contribution >= 4 is 0 Å². The van der Waals surface area contributed by atoms with Gasteiger partial charge in [0.15, 0.2) is 11.5 Å². The number of methoxy groups -OCH3 is 1. The van der Waals surface area contributed by atoms with E-state index in [1.54, 1.807) is 31.5 Å². The summed E-state index contributed by atoms with van der Waals surface area (Å²) in [5, 5.41) is 13.2. The van der Waals surface area contributed by atoms with Crippen LogP contribution in [0.4, 0.5) is 0 Å². The number of nitriles is 1. The highest BCUT2D eigenvalue weighted by Crippen LogP contribution is 2.29. The van der Waals surface area contributed by atoms with Crippen LogP contribution in [0.1, 0.15) is 12.5 Å². The van der Waals surface area contributed by atoms with Gasteiger partial charge in [-0.3, -0.25) is 4.68 Å². The highest BCUT2D eigenvalue weighted by atomic mass is 16.5. The summed E-state index contributed by atoms with van der Waals surface area (Å²) in [6.45, 7) is 2.29. The molecule has 0 spiro atoms. The summed E-state index contributed by atoms with van der Waals surface area (Å²) >= 11 is 0. The van der Waals surface area contributed by atoms with Gasteiger partial charge in [0.25, 0.3) is 0 Å². The van der Waals surface area contributed by atoms with Crippen molar-refractivity contribution < 1.29 is 14.2 Å². The first-order valence-corrected chi connectivity index (χ1v) is 8.56. The molecule has 2 aromatic carbocycles. The van der Waals surface area contributed by atoms with Crippen molar-refractivity contribution in [2.45, 2.75) is 13.0 Å². The van der Waals surface area contributed by atoms with Gasteiger partial charge < -0.3 is 14.2 Å². The van der Waals surface area contributed by atoms with E-state index in [2.05, 4.69) is 11.2 Å². The molecule has 0 fully saturated rings. The molecule has 0 amide bonds. The third-order valence-electron chi connectivity index (χ3n) is 4.06. The van der Waals surface area contributed by atoms with Crippen LogP contribution in [-0.4, -0.2) is 29.6 Å². The Hall–Kier alpha value is -3.46. The fraction of sp³-hybridized carbons (Fsp3) is 0.238. The first-order chi connectivity index (χ1) is 13.1. The Morgan fingerprint density at radius 2 is 2.00 bits per heavy atom. The average molecular weight is 363 g/mol. The molecule has 0 aliphatic rings. The monoisotopic (exact) mass is 363 g/mol. The predicted molar refractivity (Wildman–Crippen MR) is 102 cm³/mol. The van der Waals surface area contributed by atoms with Gasteiger partial charge in [-0.2, -0.15) is 10.4 Å². The molecule has 3 rings (SSSR count). The third-order valence-corrected chi connectivity index (χ3v) is 4.06. The van der Waals surface area contributed by atoms with Gasteiger partial charge >= 0.3 is 0 Å². The van der Waals surface area contributed by atoms with Crippen LogP contribution in [0.25, 0.3) is 11.3 Å². The number of ether oxygens (including phenoxy) is 3. The van der Waals surface area contributed by atoms with Crippen molar-refractivity contribution in [3.05, 3.63) is 60.3 Å². The highest BCUT2D eigenvalue weighted by molar-refractivity contribution is 5.61. The Kier molecular flexibility index (Phi) is 5.62. The summed E-state index contributed by atoms with van der Waals surface area (Å²) in [7, 11) is 3.46. The summed E-state index contributed by atoms with van der Waals surface area (Å²) in [5.74, 6) is 1.87. The maximum atomic E-state index is 8.98. The Morgan fingerprint density at radius 1 is 1.15 bits per heavy atom. The van der Waals surface area contributed by atoms with Crippen molar-refractivity contribution in [2.75, 3.05) is 13.7 Å². The second kappa shape index (κ2) is 8.28. The van der Waals surface area contributed by atoms with Crippen molar-refractivity contribution in [1.29, 1.82) is 5.26 Å². The minimum atomic E-state index is -0.202. The lowest BCUT2D eigenvalue weighted by atomic mass is 10.1. The maximum Gasteiger partial charge on any atom is 0.162 e.